The predicted octanol–water partition coefficient (Wildman–Crippen LogP) is 3.59. The van der Waals surface area contributed by atoms with Gasteiger partial charge in [-0.25, -0.2) is 4.98 Å². The number of nitrogens with zero attached hydrogens (tertiary/aromatic N) is 1. The summed E-state index contributed by atoms with van der Waals surface area (Å²) in [5.74, 6) is 0.680. The van der Waals surface area contributed by atoms with Gasteiger partial charge in [-0.1, -0.05) is 12.1 Å². The monoisotopic (exact) mass is 360 g/mol. The van der Waals surface area contributed by atoms with Crippen LogP contribution in [-0.4, -0.2) is 30.6 Å². The van der Waals surface area contributed by atoms with E-state index in [1.807, 2.05) is 43.5 Å². The lowest BCUT2D eigenvalue weighted by atomic mass is 10.2. The lowest BCUT2D eigenvalue weighted by Gasteiger charge is -2.04. The fourth-order valence-corrected chi connectivity index (χ4v) is 2.67. The van der Waals surface area contributed by atoms with E-state index in [2.05, 4.69) is 10.3 Å². The molecule has 0 aliphatic heterocycles. The summed E-state index contributed by atoms with van der Waals surface area (Å²) in [7, 11) is 0. The number of hydrogen-bond donors (Lipinski definition) is 1. The van der Waals surface area contributed by atoms with Crippen LogP contribution in [0.5, 0.6) is 5.75 Å². The van der Waals surface area contributed by atoms with Gasteiger partial charge in [-0.3, -0.25) is 4.79 Å². The third-order valence-electron chi connectivity index (χ3n) is 3.33. The number of hydrogen-bond acceptors (Lipinski definition) is 5. The number of ether oxygens (including phenoxy) is 2. The number of aryl methyl sites for hydroxylation is 1. The minimum absolute atomic E-state index is 0.101. The van der Waals surface area contributed by atoms with Crippen molar-refractivity contribution in [2.75, 3.05) is 19.8 Å². The van der Waals surface area contributed by atoms with Crippen molar-refractivity contribution in [3.05, 3.63) is 52.0 Å². The Morgan fingerprint density at radius 2 is 2.12 bits per heavy atom. The minimum Gasteiger partial charge on any atom is -0.487 e. The molecule has 0 saturated heterocycles. The third kappa shape index (κ3) is 7.49. The van der Waals surface area contributed by atoms with Crippen LogP contribution in [0.2, 0.25) is 0 Å². The summed E-state index contributed by atoms with van der Waals surface area (Å²) in [6.45, 7) is 6.39. The zero-order valence-corrected chi connectivity index (χ0v) is 15.5. The molecule has 1 heterocycles. The molecule has 0 aliphatic rings. The SMILES string of the molecule is CCOCCCNC(=O)/C=C/c1ccc(OCc2csc(C)n2)cc1. The van der Waals surface area contributed by atoms with Crippen LogP contribution < -0.4 is 10.1 Å². The smallest absolute Gasteiger partial charge is 0.244 e. The van der Waals surface area contributed by atoms with Crippen molar-refractivity contribution in [1.82, 2.24) is 10.3 Å². The van der Waals surface area contributed by atoms with Crippen LogP contribution in [0.15, 0.2) is 35.7 Å². The average molecular weight is 360 g/mol. The molecule has 0 unspecified atom stereocenters. The minimum atomic E-state index is -0.101. The van der Waals surface area contributed by atoms with Gasteiger partial charge in [0, 0.05) is 31.2 Å². The molecular weight excluding hydrogens is 336 g/mol. The van der Waals surface area contributed by atoms with Gasteiger partial charge in [-0.2, -0.15) is 0 Å². The molecular formula is C19H24N2O3S. The van der Waals surface area contributed by atoms with Crippen molar-refractivity contribution in [2.45, 2.75) is 26.9 Å². The first-order valence-electron chi connectivity index (χ1n) is 8.35. The average Bonchev–Trinajstić information content (AvgIpc) is 3.04. The van der Waals surface area contributed by atoms with Crippen molar-refractivity contribution >= 4 is 23.3 Å². The first-order valence-corrected chi connectivity index (χ1v) is 9.23. The van der Waals surface area contributed by atoms with E-state index in [9.17, 15) is 4.79 Å². The normalized spacial score (nSPS) is 11.0. The van der Waals surface area contributed by atoms with Crippen LogP contribution in [0.25, 0.3) is 6.08 Å². The van der Waals surface area contributed by atoms with E-state index in [-0.39, 0.29) is 5.91 Å². The Morgan fingerprint density at radius 3 is 2.80 bits per heavy atom. The summed E-state index contributed by atoms with van der Waals surface area (Å²) in [6.07, 6.45) is 4.14. The van der Waals surface area contributed by atoms with Gasteiger partial charge in [-0.15, -0.1) is 11.3 Å². The maximum atomic E-state index is 11.7. The molecule has 1 aromatic carbocycles. The van der Waals surface area contributed by atoms with E-state index < -0.39 is 0 Å². The van der Waals surface area contributed by atoms with Crippen molar-refractivity contribution < 1.29 is 14.3 Å². The van der Waals surface area contributed by atoms with Gasteiger partial charge in [0.25, 0.3) is 0 Å². The lowest BCUT2D eigenvalue weighted by Crippen LogP contribution is -2.23. The van der Waals surface area contributed by atoms with E-state index in [0.717, 1.165) is 28.4 Å². The highest BCUT2D eigenvalue weighted by molar-refractivity contribution is 7.09. The molecule has 0 aliphatic carbocycles. The Labute approximate surface area is 152 Å². The zero-order chi connectivity index (χ0) is 17.9. The van der Waals surface area contributed by atoms with Crippen molar-refractivity contribution in [1.29, 1.82) is 0 Å². The molecule has 0 atom stereocenters. The van der Waals surface area contributed by atoms with E-state index in [1.54, 1.807) is 17.4 Å². The molecule has 6 heteroatoms. The molecule has 25 heavy (non-hydrogen) atoms. The highest BCUT2D eigenvalue weighted by atomic mass is 32.1. The van der Waals surface area contributed by atoms with Gasteiger partial charge in [-0.05, 0) is 44.0 Å². The first kappa shape index (κ1) is 19.1. The Hall–Kier alpha value is -2.18. The van der Waals surface area contributed by atoms with Crippen LogP contribution in [-0.2, 0) is 16.1 Å². The molecule has 1 N–H and O–H groups in total. The molecule has 0 bridgehead atoms. The Morgan fingerprint density at radius 1 is 1.32 bits per heavy atom. The summed E-state index contributed by atoms with van der Waals surface area (Å²) < 4.78 is 10.9. The van der Waals surface area contributed by atoms with Crippen molar-refractivity contribution in [3.8, 4) is 5.75 Å². The van der Waals surface area contributed by atoms with Gasteiger partial charge in [0.05, 0.1) is 10.7 Å². The summed E-state index contributed by atoms with van der Waals surface area (Å²) in [6, 6.07) is 7.61. The summed E-state index contributed by atoms with van der Waals surface area (Å²) >= 11 is 1.62. The molecule has 1 aromatic heterocycles. The highest BCUT2D eigenvalue weighted by Gasteiger charge is 2.00. The van der Waals surface area contributed by atoms with Gasteiger partial charge < -0.3 is 14.8 Å². The van der Waals surface area contributed by atoms with E-state index >= 15 is 0 Å². The first-order chi connectivity index (χ1) is 12.2. The number of rotatable bonds is 10. The van der Waals surface area contributed by atoms with E-state index in [0.29, 0.717) is 26.4 Å². The molecule has 0 radical (unpaired) electrons. The van der Waals surface area contributed by atoms with Gasteiger partial charge >= 0.3 is 0 Å². The van der Waals surface area contributed by atoms with Gasteiger partial charge in [0.1, 0.15) is 12.4 Å². The second-order valence-corrected chi connectivity index (χ2v) is 6.45. The zero-order valence-electron chi connectivity index (χ0n) is 14.7. The predicted molar refractivity (Wildman–Crippen MR) is 101 cm³/mol. The Bertz CT molecular complexity index is 680. The molecule has 2 aromatic rings. The fraction of sp³-hybridized carbons (Fsp3) is 0.368. The quantitative estimate of drug-likeness (QED) is 0.520. The number of carbonyl (C=O) groups excluding carboxylic acids is 1. The van der Waals surface area contributed by atoms with Crippen LogP contribution in [0.4, 0.5) is 0 Å². The second kappa shape index (κ2) is 10.6. The van der Waals surface area contributed by atoms with E-state index in [4.69, 9.17) is 9.47 Å². The maximum Gasteiger partial charge on any atom is 0.244 e. The number of nitrogens with one attached hydrogen (secondary N) is 1. The number of amides is 1. The standard InChI is InChI=1S/C19H24N2O3S/c1-3-23-12-4-11-20-19(22)10-7-16-5-8-18(9-6-16)24-13-17-14-25-15(2)21-17/h5-10,14H,3-4,11-13H2,1-2H3,(H,20,22)/b10-7+. The summed E-state index contributed by atoms with van der Waals surface area (Å²) in [5.41, 5.74) is 1.88. The molecule has 5 nitrogen and oxygen atoms in total. The largest absolute Gasteiger partial charge is 0.487 e. The number of benzene rings is 1. The topological polar surface area (TPSA) is 60.5 Å². The third-order valence-corrected chi connectivity index (χ3v) is 4.15. The molecule has 134 valence electrons. The molecule has 0 saturated carbocycles. The van der Waals surface area contributed by atoms with Gasteiger partial charge in [0.2, 0.25) is 5.91 Å². The molecule has 1 amide bonds. The van der Waals surface area contributed by atoms with Crippen LogP contribution in [0.3, 0.4) is 0 Å². The highest BCUT2D eigenvalue weighted by Crippen LogP contribution is 2.16. The fourth-order valence-electron chi connectivity index (χ4n) is 2.07. The maximum absolute atomic E-state index is 11.7. The Balaban J connectivity index is 1.72. The molecule has 0 spiro atoms. The van der Waals surface area contributed by atoms with E-state index in [1.165, 1.54) is 6.08 Å². The number of thiazole rings is 1. The van der Waals surface area contributed by atoms with Crippen LogP contribution in [0.1, 0.15) is 29.6 Å². The van der Waals surface area contributed by atoms with Crippen LogP contribution >= 0.6 is 11.3 Å². The van der Waals surface area contributed by atoms with Crippen molar-refractivity contribution in [2.24, 2.45) is 0 Å². The number of aromatic nitrogens is 1. The van der Waals surface area contributed by atoms with Crippen LogP contribution in [0, 0.1) is 6.92 Å². The number of carbonyl (C=O) groups is 1. The molecule has 0 fully saturated rings. The second-order valence-electron chi connectivity index (χ2n) is 5.39. The molecule has 2 rings (SSSR count). The Kier molecular flexibility index (Phi) is 8.15. The van der Waals surface area contributed by atoms with Gasteiger partial charge in [0.15, 0.2) is 0 Å². The van der Waals surface area contributed by atoms with Crippen molar-refractivity contribution in [3.63, 3.8) is 0 Å². The summed E-state index contributed by atoms with van der Waals surface area (Å²) in [5, 5.41) is 5.86. The lowest BCUT2D eigenvalue weighted by molar-refractivity contribution is -0.116. The summed E-state index contributed by atoms with van der Waals surface area (Å²) in [4.78, 5) is 16.1.